The Morgan fingerprint density at radius 2 is 1.35 bits per heavy atom. The van der Waals surface area contributed by atoms with Crippen LogP contribution in [0.5, 0.6) is 0 Å². The summed E-state index contributed by atoms with van der Waals surface area (Å²) in [5.41, 5.74) is -1.13. The second kappa shape index (κ2) is 10.7. The Balaban J connectivity index is 4.32. The monoisotopic (exact) mass is 286 g/mol. The molecule has 0 aromatic rings. The van der Waals surface area contributed by atoms with E-state index in [-0.39, 0.29) is 6.61 Å². The molecule has 4 heteroatoms. The van der Waals surface area contributed by atoms with E-state index in [4.69, 9.17) is 9.47 Å². The van der Waals surface area contributed by atoms with Crippen molar-refractivity contribution in [3.63, 3.8) is 0 Å². The topological polar surface area (TPSA) is 52.6 Å². The first-order chi connectivity index (χ1) is 9.58. The van der Waals surface area contributed by atoms with Gasteiger partial charge in [0.1, 0.15) is 0 Å². The highest BCUT2D eigenvalue weighted by Gasteiger charge is 2.45. The maximum absolute atomic E-state index is 12.2. The molecule has 118 valence electrons. The third-order valence-electron chi connectivity index (χ3n) is 3.75. The number of carbonyl (C=O) groups excluding carboxylic acids is 2. The molecule has 0 fully saturated rings. The lowest BCUT2D eigenvalue weighted by atomic mass is 9.82. The number of carbonyl (C=O) groups is 2. The van der Waals surface area contributed by atoms with Crippen LogP contribution in [0, 0.1) is 5.41 Å². The van der Waals surface area contributed by atoms with Crippen molar-refractivity contribution in [2.24, 2.45) is 5.41 Å². The van der Waals surface area contributed by atoms with E-state index in [0.29, 0.717) is 19.4 Å². The molecule has 0 unspecified atom stereocenters. The average molecular weight is 286 g/mol. The Hall–Kier alpha value is -1.06. The number of unbranched alkanes of at least 4 members (excludes halogenated alkanes) is 4. The van der Waals surface area contributed by atoms with Crippen LogP contribution in [0.3, 0.4) is 0 Å². The molecule has 0 aliphatic heterocycles. The van der Waals surface area contributed by atoms with E-state index in [2.05, 4.69) is 6.92 Å². The van der Waals surface area contributed by atoms with Gasteiger partial charge in [0.05, 0.1) is 13.2 Å². The Kier molecular flexibility index (Phi) is 10.1. The van der Waals surface area contributed by atoms with Crippen LogP contribution in [-0.4, -0.2) is 25.2 Å². The van der Waals surface area contributed by atoms with Crippen molar-refractivity contribution >= 4 is 11.9 Å². The molecule has 0 spiro atoms. The average Bonchev–Trinajstić information content (AvgIpc) is 2.45. The molecule has 0 heterocycles. The summed E-state index contributed by atoms with van der Waals surface area (Å²) in [4.78, 5) is 24.2. The van der Waals surface area contributed by atoms with E-state index in [1.54, 1.807) is 6.92 Å². The number of rotatable bonds is 11. The fourth-order valence-corrected chi connectivity index (χ4v) is 2.19. The highest BCUT2D eigenvalue weighted by Crippen LogP contribution is 2.30. The molecule has 0 aliphatic rings. The molecule has 0 aromatic heterocycles. The van der Waals surface area contributed by atoms with Crippen molar-refractivity contribution in [1.82, 2.24) is 0 Å². The highest BCUT2D eigenvalue weighted by molar-refractivity contribution is 5.99. The van der Waals surface area contributed by atoms with E-state index in [1.165, 1.54) is 19.3 Å². The van der Waals surface area contributed by atoms with E-state index in [1.807, 2.05) is 13.8 Å². The lowest BCUT2D eigenvalue weighted by Gasteiger charge is -2.26. The van der Waals surface area contributed by atoms with Crippen LogP contribution in [-0.2, 0) is 19.1 Å². The standard InChI is InChI=1S/C16H30O4/c1-5-9-10-11-12-13-20-15(18)16(6-2,7-3)14(17)19-8-4/h5-13H2,1-4H3. The van der Waals surface area contributed by atoms with Crippen LogP contribution in [0.2, 0.25) is 0 Å². The molecular weight excluding hydrogens is 256 g/mol. The number of esters is 2. The first kappa shape index (κ1) is 18.9. The van der Waals surface area contributed by atoms with E-state index in [0.717, 1.165) is 12.8 Å². The summed E-state index contributed by atoms with van der Waals surface area (Å²) < 4.78 is 10.3. The quantitative estimate of drug-likeness (QED) is 0.329. The number of hydrogen-bond acceptors (Lipinski definition) is 4. The van der Waals surface area contributed by atoms with Crippen molar-refractivity contribution in [2.75, 3.05) is 13.2 Å². The fraction of sp³-hybridized carbons (Fsp3) is 0.875. The van der Waals surface area contributed by atoms with Crippen LogP contribution in [0.15, 0.2) is 0 Å². The van der Waals surface area contributed by atoms with Crippen molar-refractivity contribution in [3.8, 4) is 0 Å². The number of ether oxygens (including phenoxy) is 2. The van der Waals surface area contributed by atoms with E-state index in [9.17, 15) is 9.59 Å². The van der Waals surface area contributed by atoms with Gasteiger partial charge in [-0.2, -0.15) is 0 Å². The second-order valence-corrected chi connectivity index (χ2v) is 5.06. The highest BCUT2D eigenvalue weighted by atomic mass is 16.6. The van der Waals surface area contributed by atoms with Crippen LogP contribution in [0.1, 0.15) is 72.6 Å². The zero-order chi connectivity index (χ0) is 15.4. The van der Waals surface area contributed by atoms with Gasteiger partial charge in [-0.05, 0) is 26.2 Å². The molecule has 4 nitrogen and oxygen atoms in total. The molecule has 0 aliphatic carbocycles. The van der Waals surface area contributed by atoms with E-state index < -0.39 is 17.4 Å². The molecule has 0 saturated heterocycles. The van der Waals surface area contributed by atoms with Crippen molar-refractivity contribution in [1.29, 1.82) is 0 Å². The minimum Gasteiger partial charge on any atom is -0.465 e. The van der Waals surface area contributed by atoms with E-state index >= 15 is 0 Å². The van der Waals surface area contributed by atoms with Crippen LogP contribution in [0.4, 0.5) is 0 Å². The summed E-state index contributed by atoms with van der Waals surface area (Å²) in [6, 6.07) is 0. The summed E-state index contributed by atoms with van der Waals surface area (Å²) in [6.07, 6.45) is 6.32. The molecule has 0 radical (unpaired) electrons. The Morgan fingerprint density at radius 1 is 0.800 bits per heavy atom. The Labute approximate surface area is 123 Å². The van der Waals surface area contributed by atoms with Gasteiger partial charge in [0.15, 0.2) is 5.41 Å². The van der Waals surface area contributed by atoms with Gasteiger partial charge in [-0.15, -0.1) is 0 Å². The summed E-state index contributed by atoms with van der Waals surface area (Å²) in [6.45, 7) is 8.23. The molecule has 0 aromatic carbocycles. The summed E-state index contributed by atoms with van der Waals surface area (Å²) in [7, 11) is 0. The van der Waals surface area contributed by atoms with Crippen LogP contribution < -0.4 is 0 Å². The molecule has 0 rings (SSSR count). The van der Waals surface area contributed by atoms with Gasteiger partial charge >= 0.3 is 11.9 Å². The van der Waals surface area contributed by atoms with Gasteiger partial charge in [0.2, 0.25) is 0 Å². The molecular formula is C16H30O4. The normalized spacial score (nSPS) is 11.2. The zero-order valence-electron chi connectivity index (χ0n) is 13.5. The van der Waals surface area contributed by atoms with Gasteiger partial charge in [-0.1, -0.05) is 46.5 Å². The second-order valence-electron chi connectivity index (χ2n) is 5.06. The third-order valence-corrected chi connectivity index (χ3v) is 3.75. The van der Waals surface area contributed by atoms with Gasteiger partial charge in [-0.25, -0.2) is 0 Å². The summed E-state index contributed by atoms with van der Waals surface area (Å²) in [5, 5.41) is 0. The molecule has 0 bridgehead atoms. The van der Waals surface area contributed by atoms with Gasteiger partial charge < -0.3 is 9.47 Å². The third kappa shape index (κ3) is 5.51. The SMILES string of the molecule is CCCCCCCOC(=O)C(CC)(CC)C(=O)OCC. The van der Waals surface area contributed by atoms with Crippen LogP contribution in [0.25, 0.3) is 0 Å². The summed E-state index contributed by atoms with van der Waals surface area (Å²) >= 11 is 0. The predicted molar refractivity (Wildman–Crippen MR) is 79.4 cm³/mol. The number of hydrogen-bond donors (Lipinski definition) is 0. The van der Waals surface area contributed by atoms with Gasteiger partial charge in [-0.3, -0.25) is 9.59 Å². The fourth-order valence-electron chi connectivity index (χ4n) is 2.19. The Bertz CT molecular complexity index is 282. The molecule has 0 N–H and O–H groups in total. The smallest absolute Gasteiger partial charge is 0.323 e. The minimum atomic E-state index is -1.13. The largest absolute Gasteiger partial charge is 0.465 e. The van der Waals surface area contributed by atoms with Crippen molar-refractivity contribution < 1.29 is 19.1 Å². The maximum Gasteiger partial charge on any atom is 0.323 e. The predicted octanol–water partition coefficient (Wildman–Crippen LogP) is 3.87. The first-order valence-electron chi connectivity index (χ1n) is 7.93. The molecule has 0 amide bonds. The maximum atomic E-state index is 12.2. The summed E-state index contributed by atoms with van der Waals surface area (Å²) in [5.74, 6) is -0.891. The Morgan fingerprint density at radius 3 is 1.85 bits per heavy atom. The van der Waals surface area contributed by atoms with Gasteiger partial charge in [0.25, 0.3) is 0 Å². The van der Waals surface area contributed by atoms with Gasteiger partial charge in [0, 0.05) is 0 Å². The lowest BCUT2D eigenvalue weighted by Crippen LogP contribution is -2.41. The molecule has 0 atom stereocenters. The van der Waals surface area contributed by atoms with Crippen molar-refractivity contribution in [3.05, 3.63) is 0 Å². The molecule has 0 saturated carbocycles. The minimum absolute atomic E-state index is 0.283. The first-order valence-corrected chi connectivity index (χ1v) is 7.93. The van der Waals surface area contributed by atoms with Crippen LogP contribution >= 0.6 is 0 Å². The zero-order valence-corrected chi connectivity index (χ0v) is 13.5. The lowest BCUT2D eigenvalue weighted by molar-refractivity contribution is -0.173. The van der Waals surface area contributed by atoms with Crippen molar-refractivity contribution in [2.45, 2.75) is 72.6 Å². The molecule has 20 heavy (non-hydrogen) atoms.